The molecule has 0 aliphatic carbocycles. The summed E-state index contributed by atoms with van der Waals surface area (Å²) in [5, 5.41) is 6.10. The normalized spacial score (nSPS) is 15.8. The SMILES string of the molecule is CCNC(=NCc1scnc1C)N1CCC(CC(=O)NC)CC1.I. The first-order valence-corrected chi connectivity index (χ1v) is 9.14. The van der Waals surface area contributed by atoms with E-state index in [1.807, 2.05) is 12.4 Å². The van der Waals surface area contributed by atoms with Gasteiger partial charge in [-0.05, 0) is 32.6 Å². The van der Waals surface area contributed by atoms with Crippen LogP contribution in [0.25, 0.3) is 0 Å². The molecular formula is C16H28IN5OS. The number of guanidine groups is 1. The lowest BCUT2D eigenvalue weighted by molar-refractivity contribution is -0.121. The number of thiazole rings is 1. The highest BCUT2D eigenvalue weighted by molar-refractivity contribution is 14.0. The zero-order chi connectivity index (χ0) is 16.7. The zero-order valence-corrected chi connectivity index (χ0v) is 17.8. The van der Waals surface area contributed by atoms with E-state index < -0.39 is 0 Å². The van der Waals surface area contributed by atoms with Gasteiger partial charge in [-0.15, -0.1) is 35.3 Å². The Kier molecular flexibility index (Phi) is 9.57. The fourth-order valence-electron chi connectivity index (χ4n) is 2.76. The first-order valence-electron chi connectivity index (χ1n) is 8.26. The Balaban J connectivity index is 0.00000288. The molecule has 1 saturated heterocycles. The summed E-state index contributed by atoms with van der Waals surface area (Å²) >= 11 is 1.66. The molecular weight excluding hydrogens is 437 g/mol. The maximum Gasteiger partial charge on any atom is 0.220 e. The second kappa shape index (κ2) is 10.9. The summed E-state index contributed by atoms with van der Waals surface area (Å²) in [4.78, 5) is 24.1. The van der Waals surface area contributed by atoms with E-state index in [1.165, 1.54) is 4.88 Å². The van der Waals surface area contributed by atoms with Gasteiger partial charge in [-0.2, -0.15) is 0 Å². The summed E-state index contributed by atoms with van der Waals surface area (Å²) in [6, 6.07) is 0. The van der Waals surface area contributed by atoms with Gasteiger partial charge in [-0.3, -0.25) is 4.79 Å². The van der Waals surface area contributed by atoms with Crippen molar-refractivity contribution in [3.63, 3.8) is 0 Å². The van der Waals surface area contributed by atoms with Crippen molar-refractivity contribution < 1.29 is 4.79 Å². The minimum absolute atomic E-state index is 0. The van der Waals surface area contributed by atoms with E-state index >= 15 is 0 Å². The third kappa shape index (κ3) is 6.19. The number of carbonyl (C=O) groups excluding carboxylic acids is 1. The molecule has 1 amide bonds. The number of likely N-dealkylation sites (tertiary alicyclic amines) is 1. The molecule has 0 radical (unpaired) electrons. The van der Waals surface area contributed by atoms with E-state index in [1.54, 1.807) is 18.4 Å². The average Bonchev–Trinajstić information content (AvgIpc) is 2.97. The minimum atomic E-state index is 0. The van der Waals surface area contributed by atoms with Gasteiger partial charge < -0.3 is 15.5 Å². The number of hydrogen-bond acceptors (Lipinski definition) is 4. The van der Waals surface area contributed by atoms with E-state index in [2.05, 4.69) is 27.4 Å². The van der Waals surface area contributed by atoms with Crippen LogP contribution in [-0.2, 0) is 11.3 Å². The van der Waals surface area contributed by atoms with Crippen LogP contribution in [0.1, 0.15) is 36.8 Å². The molecule has 6 nitrogen and oxygen atoms in total. The molecule has 8 heteroatoms. The molecule has 1 aliphatic heterocycles. The molecule has 1 fully saturated rings. The highest BCUT2D eigenvalue weighted by Gasteiger charge is 2.23. The molecule has 0 bridgehead atoms. The van der Waals surface area contributed by atoms with Crippen LogP contribution < -0.4 is 10.6 Å². The molecule has 2 heterocycles. The standard InChI is InChI=1S/C16H27N5OS.HI/c1-4-18-16(19-10-14-12(2)20-11-23-14)21-7-5-13(6-8-21)9-15(22)17-3;/h11,13H,4-10H2,1-3H3,(H,17,22)(H,18,19);1H. The third-order valence-electron chi connectivity index (χ3n) is 4.22. The topological polar surface area (TPSA) is 69.6 Å². The van der Waals surface area contributed by atoms with Gasteiger partial charge in [0.25, 0.3) is 0 Å². The number of nitrogens with zero attached hydrogens (tertiary/aromatic N) is 3. The molecule has 0 unspecified atom stereocenters. The van der Waals surface area contributed by atoms with Crippen LogP contribution in [0.2, 0.25) is 0 Å². The summed E-state index contributed by atoms with van der Waals surface area (Å²) < 4.78 is 0. The number of nitrogens with one attached hydrogen (secondary N) is 2. The number of amides is 1. The number of aromatic nitrogens is 1. The van der Waals surface area contributed by atoms with Crippen LogP contribution in [0.5, 0.6) is 0 Å². The van der Waals surface area contributed by atoms with Crippen LogP contribution in [-0.4, -0.2) is 48.4 Å². The van der Waals surface area contributed by atoms with Crippen molar-refractivity contribution in [3.8, 4) is 0 Å². The van der Waals surface area contributed by atoms with Gasteiger partial charge in [-0.25, -0.2) is 9.98 Å². The summed E-state index contributed by atoms with van der Waals surface area (Å²) in [6.45, 7) is 7.56. The number of carbonyl (C=O) groups is 1. The first kappa shape index (κ1) is 21.1. The van der Waals surface area contributed by atoms with Crippen LogP contribution in [0.15, 0.2) is 10.5 Å². The lowest BCUT2D eigenvalue weighted by Crippen LogP contribution is -2.46. The van der Waals surface area contributed by atoms with Crippen molar-refractivity contribution >= 4 is 47.2 Å². The first-order chi connectivity index (χ1) is 11.1. The number of piperidine rings is 1. The molecule has 1 aromatic heterocycles. The highest BCUT2D eigenvalue weighted by Crippen LogP contribution is 2.21. The van der Waals surface area contributed by atoms with Gasteiger partial charge in [0, 0.05) is 38.0 Å². The highest BCUT2D eigenvalue weighted by atomic mass is 127. The second-order valence-corrected chi connectivity index (χ2v) is 6.78. The van der Waals surface area contributed by atoms with Crippen molar-refractivity contribution in [2.45, 2.75) is 39.7 Å². The van der Waals surface area contributed by atoms with Gasteiger partial charge in [0.15, 0.2) is 5.96 Å². The lowest BCUT2D eigenvalue weighted by atomic mass is 9.93. The molecule has 0 saturated carbocycles. The molecule has 1 aromatic rings. The Morgan fingerprint density at radius 3 is 2.71 bits per heavy atom. The molecule has 0 aromatic carbocycles. The molecule has 0 atom stereocenters. The van der Waals surface area contributed by atoms with E-state index in [-0.39, 0.29) is 29.9 Å². The molecule has 24 heavy (non-hydrogen) atoms. The Hall–Kier alpha value is -0.900. The molecule has 136 valence electrons. The predicted octanol–water partition coefficient (Wildman–Crippen LogP) is 2.38. The largest absolute Gasteiger partial charge is 0.359 e. The maximum absolute atomic E-state index is 11.5. The van der Waals surface area contributed by atoms with Crippen molar-refractivity contribution in [2.75, 3.05) is 26.7 Å². The van der Waals surface area contributed by atoms with E-state index in [4.69, 9.17) is 4.99 Å². The maximum atomic E-state index is 11.5. The van der Waals surface area contributed by atoms with Crippen LogP contribution in [0, 0.1) is 12.8 Å². The fourth-order valence-corrected chi connectivity index (χ4v) is 3.46. The number of halogens is 1. The summed E-state index contributed by atoms with van der Waals surface area (Å²) in [5.74, 6) is 1.60. The van der Waals surface area contributed by atoms with Gasteiger partial charge >= 0.3 is 0 Å². The van der Waals surface area contributed by atoms with Gasteiger partial charge in [0.05, 0.1) is 17.7 Å². The number of hydrogen-bond donors (Lipinski definition) is 2. The zero-order valence-electron chi connectivity index (χ0n) is 14.7. The summed E-state index contributed by atoms with van der Waals surface area (Å²) in [7, 11) is 1.70. The van der Waals surface area contributed by atoms with Crippen molar-refractivity contribution in [1.29, 1.82) is 0 Å². The lowest BCUT2D eigenvalue weighted by Gasteiger charge is -2.34. The summed E-state index contributed by atoms with van der Waals surface area (Å²) in [6.07, 6.45) is 2.72. The second-order valence-electron chi connectivity index (χ2n) is 5.84. The van der Waals surface area contributed by atoms with Gasteiger partial charge in [0.1, 0.15) is 0 Å². The third-order valence-corrected chi connectivity index (χ3v) is 5.14. The predicted molar refractivity (Wildman–Crippen MR) is 110 cm³/mol. The number of aliphatic imine (C=N–C) groups is 1. The van der Waals surface area contributed by atoms with Gasteiger partial charge in [-0.1, -0.05) is 0 Å². The smallest absolute Gasteiger partial charge is 0.220 e. The molecule has 2 rings (SSSR count). The average molecular weight is 465 g/mol. The Morgan fingerprint density at radius 1 is 1.46 bits per heavy atom. The van der Waals surface area contributed by atoms with E-state index in [9.17, 15) is 4.79 Å². The van der Waals surface area contributed by atoms with E-state index in [0.717, 1.165) is 44.1 Å². The number of rotatable bonds is 5. The monoisotopic (exact) mass is 465 g/mol. The van der Waals surface area contributed by atoms with Crippen molar-refractivity contribution in [1.82, 2.24) is 20.5 Å². The quantitative estimate of drug-likeness (QED) is 0.398. The minimum Gasteiger partial charge on any atom is -0.359 e. The fraction of sp³-hybridized carbons (Fsp3) is 0.688. The summed E-state index contributed by atoms with van der Waals surface area (Å²) in [5.41, 5.74) is 2.94. The van der Waals surface area contributed by atoms with Crippen LogP contribution in [0.4, 0.5) is 0 Å². The molecule has 1 aliphatic rings. The molecule has 0 spiro atoms. The number of aryl methyl sites for hydroxylation is 1. The Bertz CT molecular complexity index is 540. The Morgan fingerprint density at radius 2 is 2.17 bits per heavy atom. The van der Waals surface area contributed by atoms with E-state index in [0.29, 0.717) is 18.9 Å². The van der Waals surface area contributed by atoms with Crippen LogP contribution in [0.3, 0.4) is 0 Å². The molecule has 2 N–H and O–H groups in total. The van der Waals surface area contributed by atoms with Crippen molar-refractivity contribution in [3.05, 3.63) is 16.1 Å². The van der Waals surface area contributed by atoms with Gasteiger partial charge in [0.2, 0.25) is 5.91 Å². The Labute approximate surface area is 165 Å². The van der Waals surface area contributed by atoms with Crippen LogP contribution >= 0.6 is 35.3 Å². The van der Waals surface area contributed by atoms with Crippen molar-refractivity contribution in [2.24, 2.45) is 10.9 Å².